The molecule has 1 N–H and O–H groups in total. The van der Waals surface area contributed by atoms with Gasteiger partial charge in [-0.05, 0) is 45.2 Å². The highest BCUT2D eigenvalue weighted by molar-refractivity contribution is 5.81. The number of hydrogen-bond acceptors (Lipinski definition) is 2. The van der Waals surface area contributed by atoms with E-state index in [4.69, 9.17) is 5.10 Å². The minimum atomic E-state index is 0.542. The van der Waals surface area contributed by atoms with Crippen LogP contribution in [0, 0.1) is 5.92 Å². The molecule has 0 spiro atoms. The van der Waals surface area contributed by atoms with Crippen LogP contribution in [-0.4, -0.2) is 22.4 Å². The molecule has 3 nitrogen and oxygen atoms in total. The van der Waals surface area contributed by atoms with Crippen molar-refractivity contribution in [1.82, 2.24) is 15.1 Å². The molecule has 0 aliphatic heterocycles. The zero-order valence-corrected chi connectivity index (χ0v) is 13.9. The predicted octanol–water partition coefficient (Wildman–Crippen LogP) is 4.01. The zero-order valence-electron chi connectivity index (χ0n) is 13.9. The van der Waals surface area contributed by atoms with Crippen LogP contribution in [0.3, 0.4) is 0 Å². The number of aromatic nitrogens is 2. The lowest BCUT2D eigenvalue weighted by Crippen LogP contribution is -2.35. The van der Waals surface area contributed by atoms with Crippen LogP contribution in [0.4, 0.5) is 0 Å². The molecule has 116 valence electrons. The molecule has 1 heterocycles. The molecule has 0 bridgehead atoms. The average Bonchev–Trinajstić information content (AvgIpc) is 2.88. The molecule has 0 saturated heterocycles. The second-order valence-electron chi connectivity index (χ2n) is 5.89. The van der Waals surface area contributed by atoms with Crippen molar-refractivity contribution in [2.24, 2.45) is 5.92 Å². The first kappa shape index (κ1) is 16.0. The maximum Gasteiger partial charge on any atom is 0.0706 e. The molecular formula is C18H29N3. The minimum Gasteiger partial charge on any atom is -0.314 e. The second-order valence-corrected chi connectivity index (χ2v) is 5.89. The van der Waals surface area contributed by atoms with E-state index in [9.17, 15) is 0 Å². The van der Waals surface area contributed by atoms with Crippen molar-refractivity contribution in [2.45, 2.75) is 59.5 Å². The Morgan fingerprint density at radius 3 is 2.62 bits per heavy atom. The summed E-state index contributed by atoms with van der Waals surface area (Å²) in [5.74, 6) is 0.639. The van der Waals surface area contributed by atoms with Crippen molar-refractivity contribution < 1.29 is 0 Å². The number of hydrogen-bond donors (Lipinski definition) is 1. The van der Waals surface area contributed by atoms with E-state index in [1.54, 1.807) is 0 Å². The Morgan fingerprint density at radius 2 is 1.95 bits per heavy atom. The molecule has 2 rings (SSSR count). The molecule has 1 aromatic carbocycles. The van der Waals surface area contributed by atoms with E-state index >= 15 is 0 Å². The zero-order chi connectivity index (χ0) is 15.2. The molecular weight excluding hydrogens is 258 g/mol. The summed E-state index contributed by atoms with van der Waals surface area (Å²) in [7, 11) is 0. The molecule has 0 amide bonds. The van der Waals surface area contributed by atoms with E-state index in [0.29, 0.717) is 12.0 Å². The molecule has 2 atom stereocenters. The molecule has 2 unspecified atom stereocenters. The maximum absolute atomic E-state index is 4.85. The van der Waals surface area contributed by atoms with Crippen LogP contribution in [0.5, 0.6) is 0 Å². The Morgan fingerprint density at radius 1 is 1.19 bits per heavy atom. The normalized spacial score (nSPS) is 14.5. The number of nitrogens with zero attached hydrogens (tertiary/aromatic N) is 2. The van der Waals surface area contributed by atoms with E-state index < -0.39 is 0 Å². The monoisotopic (exact) mass is 287 g/mol. The maximum atomic E-state index is 4.85. The lowest BCUT2D eigenvalue weighted by molar-refractivity contribution is 0.359. The first-order valence-electron chi connectivity index (χ1n) is 8.39. The smallest absolute Gasteiger partial charge is 0.0706 e. The van der Waals surface area contributed by atoms with Crippen molar-refractivity contribution in [2.75, 3.05) is 6.54 Å². The lowest BCUT2D eigenvalue weighted by Gasteiger charge is -2.23. The van der Waals surface area contributed by atoms with E-state index in [-0.39, 0.29) is 0 Å². The van der Waals surface area contributed by atoms with Crippen LogP contribution >= 0.6 is 0 Å². The van der Waals surface area contributed by atoms with Gasteiger partial charge in [0.25, 0.3) is 0 Å². The Balaban J connectivity index is 2.21. The van der Waals surface area contributed by atoms with E-state index in [1.165, 1.54) is 29.4 Å². The summed E-state index contributed by atoms with van der Waals surface area (Å²) >= 11 is 0. The molecule has 0 radical (unpaired) electrons. The molecule has 1 aromatic heterocycles. The summed E-state index contributed by atoms with van der Waals surface area (Å²) in [6.07, 6.45) is 3.43. The van der Waals surface area contributed by atoms with Crippen LogP contribution in [0.25, 0.3) is 10.9 Å². The largest absolute Gasteiger partial charge is 0.314 e. The first-order valence-corrected chi connectivity index (χ1v) is 8.39. The summed E-state index contributed by atoms with van der Waals surface area (Å²) in [5.41, 5.74) is 2.52. The van der Waals surface area contributed by atoms with Gasteiger partial charge in [-0.2, -0.15) is 5.10 Å². The molecule has 2 aromatic rings. The van der Waals surface area contributed by atoms with Crippen LogP contribution in [0.1, 0.15) is 46.2 Å². The van der Waals surface area contributed by atoms with Gasteiger partial charge < -0.3 is 5.32 Å². The number of nitrogens with one attached hydrogen (secondary N) is 1. The second kappa shape index (κ2) is 7.60. The van der Waals surface area contributed by atoms with E-state index in [2.05, 4.69) is 62.0 Å². The van der Waals surface area contributed by atoms with Crippen molar-refractivity contribution in [3.8, 4) is 0 Å². The highest BCUT2D eigenvalue weighted by Gasteiger charge is 2.19. The van der Waals surface area contributed by atoms with Crippen LogP contribution < -0.4 is 5.32 Å². The van der Waals surface area contributed by atoms with Gasteiger partial charge in [0.2, 0.25) is 0 Å². The number of rotatable bonds is 8. The molecule has 0 aliphatic carbocycles. The predicted molar refractivity (Wildman–Crippen MR) is 90.6 cm³/mol. The molecule has 0 aliphatic rings. The van der Waals surface area contributed by atoms with Gasteiger partial charge in [-0.3, -0.25) is 4.68 Å². The summed E-state index contributed by atoms with van der Waals surface area (Å²) in [6, 6.07) is 9.14. The Bertz CT molecular complexity index is 559. The Kier molecular flexibility index (Phi) is 5.80. The van der Waals surface area contributed by atoms with Gasteiger partial charge in [0.05, 0.1) is 11.2 Å². The third-order valence-corrected chi connectivity index (χ3v) is 4.44. The summed E-state index contributed by atoms with van der Waals surface area (Å²) < 4.78 is 2.13. The van der Waals surface area contributed by atoms with Gasteiger partial charge in [0, 0.05) is 18.0 Å². The van der Waals surface area contributed by atoms with Gasteiger partial charge in [-0.25, -0.2) is 0 Å². The minimum absolute atomic E-state index is 0.542. The number of benzene rings is 1. The first-order chi connectivity index (χ1) is 10.2. The van der Waals surface area contributed by atoms with Crippen molar-refractivity contribution >= 4 is 10.9 Å². The van der Waals surface area contributed by atoms with Gasteiger partial charge in [0.15, 0.2) is 0 Å². The van der Waals surface area contributed by atoms with E-state index in [0.717, 1.165) is 19.5 Å². The average molecular weight is 287 g/mol. The van der Waals surface area contributed by atoms with Gasteiger partial charge in [-0.15, -0.1) is 0 Å². The van der Waals surface area contributed by atoms with Crippen LogP contribution in [0.15, 0.2) is 24.3 Å². The third-order valence-electron chi connectivity index (χ3n) is 4.44. The Hall–Kier alpha value is -1.35. The van der Waals surface area contributed by atoms with E-state index in [1.807, 2.05) is 0 Å². The van der Waals surface area contributed by atoms with Crippen molar-refractivity contribution in [1.29, 1.82) is 0 Å². The third kappa shape index (κ3) is 3.65. The fourth-order valence-electron chi connectivity index (χ4n) is 3.05. The quantitative estimate of drug-likeness (QED) is 0.795. The number of aryl methyl sites for hydroxylation is 1. The van der Waals surface area contributed by atoms with Gasteiger partial charge in [-0.1, -0.05) is 38.5 Å². The fourth-order valence-corrected chi connectivity index (χ4v) is 3.05. The van der Waals surface area contributed by atoms with Gasteiger partial charge >= 0.3 is 0 Å². The molecule has 21 heavy (non-hydrogen) atoms. The van der Waals surface area contributed by atoms with Gasteiger partial charge in [0.1, 0.15) is 0 Å². The summed E-state index contributed by atoms with van der Waals surface area (Å²) in [6.45, 7) is 11.0. The van der Waals surface area contributed by atoms with Crippen LogP contribution in [-0.2, 0) is 13.0 Å². The standard InChI is InChI=1S/C18H29N3/c1-5-12-19-14(4)15(6-2)13-17-16-10-8-9-11-18(16)21(7-3)20-17/h8-11,14-15,19H,5-7,12-13H2,1-4H3. The topological polar surface area (TPSA) is 29.9 Å². The summed E-state index contributed by atoms with van der Waals surface area (Å²) in [4.78, 5) is 0. The Labute approximate surface area is 128 Å². The number of fused-ring (bicyclic) bond motifs is 1. The lowest BCUT2D eigenvalue weighted by atomic mass is 9.92. The summed E-state index contributed by atoms with van der Waals surface area (Å²) in [5, 5.41) is 9.80. The SMILES string of the molecule is CCCNC(C)C(CC)Cc1nn(CC)c2ccccc12. The molecule has 3 heteroatoms. The van der Waals surface area contributed by atoms with Crippen molar-refractivity contribution in [3.05, 3.63) is 30.0 Å². The molecule has 0 fully saturated rings. The highest BCUT2D eigenvalue weighted by Crippen LogP contribution is 2.23. The fraction of sp³-hybridized carbons (Fsp3) is 0.611. The molecule has 0 saturated carbocycles. The van der Waals surface area contributed by atoms with Crippen LogP contribution in [0.2, 0.25) is 0 Å². The number of para-hydroxylation sites is 1. The highest BCUT2D eigenvalue weighted by atomic mass is 15.3. The van der Waals surface area contributed by atoms with Crippen molar-refractivity contribution in [3.63, 3.8) is 0 Å².